The maximum Gasteiger partial charge on any atom is 0.321 e. The second-order valence-corrected chi connectivity index (χ2v) is 7.50. The molecular formula is C23H23N5O2. The SMILES string of the molecule is CCc1ccc(NC(=O)N2CCC(n3c(-c4ccco4)nc4cccnc43)C2)cc1. The molecule has 1 aliphatic heterocycles. The van der Waals surface area contributed by atoms with Crippen LogP contribution in [0.5, 0.6) is 0 Å². The van der Waals surface area contributed by atoms with Gasteiger partial charge in [0.25, 0.3) is 0 Å². The third-order valence-electron chi connectivity index (χ3n) is 5.62. The number of hydrogen-bond acceptors (Lipinski definition) is 4. The molecule has 0 saturated carbocycles. The Bertz CT molecular complexity index is 1160. The number of nitrogens with zero attached hydrogens (tertiary/aromatic N) is 4. The molecule has 4 aromatic rings. The summed E-state index contributed by atoms with van der Waals surface area (Å²) in [6.45, 7) is 3.38. The number of aromatic nitrogens is 3. The number of pyridine rings is 1. The van der Waals surface area contributed by atoms with E-state index in [2.05, 4.69) is 21.8 Å². The van der Waals surface area contributed by atoms with E-state index in [1.807, 2.05) is 53.4 Å². The zero-order valence-corrected chi connectivity index (χ0v) is 16.8. The number of imidazole rings is 1. The van der Waals surface area contributed by atoms with E-state index in [4.69, 9.17) is 9.40 Å². The number of carbonyl (C=O) groups excluding carboxylic acids is 1. The molecule has 4 heterocycles. The Hall–Kier alpha value is -3.61. The molecular weight excluding hydrogens is 378 g/mol. The second-order valence-electron chi connectivity index (χ2n) is 7.50. The van der Waals surface area contributed by atoms with Crippen molar-refractivity contribution in [1.29, 1.82) is 0 Å². The van der Waals surface area contributed by atoms with Crippen LogP contribution >= 0.6 is 0 Å². The van der Waals surface area contributed by atoms with Crippen molar-refractivity contribution in [2.24, 2.45) is 0 Å². The molecule has 3 aromatic heterocycles. The Labute approximate surface area is 174 Å². The van der Waals surface area contributed by atoms with Crippen LogP contribution in [0.25, 0.3) is 22.7 Å². The van der Waals surface area contributed by atoms with Gasteiger partial charge in [0.2, 0.25) is 0 Å². The van der Waals surface area contributed by atoms with Crippen molar-refractivity contribution in [3.8, 4) is 11.6 Å². The van der Waals surface area contributed by atoms with Gasteiger partial charge < -0.3 is 19.2 Å². The lowest BCUT2D eigenvalue weighted by atomic mass is 10.1. The fourth-order valence-electron chi connectivity index (χ4n) is 4.02. The van der Waals surface area contributed by atoms with E-state index in [1.165, 1.54) is 5.56 Å². The number of aryl methyl sites for hydroxylation is 1. The Kier molecular flexibility index (Phi) is 4.71. The molecule has 1 N–H and O–H groups in total. The molecule has 0 aliphatic carbocycles. The number of benzene rings is 1. The van der Waals surface area contributed by atoms with Gasteiger partial charge in [0.1, 0.15) is 5.52 Å². The zero-order valence-electron chi connectivity index (χ0n) is 16.8. The van der Waals surface area contributed by atoms with Gasteiger partial charge in [-0.3, -0.25) is 0 Å². The minimum absolute atomic E-state index is 0.0817. The Balaban J connectivity index is 1.38. The zero-order chi connectivity index (χ0) is 20.5. The maximum atomic E-state index is 12.8. The molecule has 30 heavy (non-hydrogen) atoms. The second kappa shape index (κ2) is 7.67. The van der Waals surface area contributed by atoms with Gasteiger partial charge in [-0.15, -0.1) is 0 Å². The summed E-state index contributed by atoms with van der Waals surface area (Å²) in [7, 11) is 0. The van der Waals surface area contributed by atoms with E-state index < -0.39 is 0 Å². The van der Waals surface area contributed by atoms with E-state index >= 15 is 0 Å². The Morgan fingerprint density at radius 1 is 1.20 bits per heavy atom. The number of hydrogen-bond donors (Lipinski definition) is 1. The first-order valence-electron chi connectivity index (χ1n) is 10.2. The lowest BCUT2D eigenvalue weighted by Crippen LogP contribution is -2.33. The third-order valence-corrected chi connectivity index (χ3v) is 5.62. The van der Waals surface area contributed by atoms with Crippen molar-refractivity contribution in [3.63, 3.8) is 0 Å². The van der Waals surface area contributed by atoms with Crippen molar-refractivity contribution in [3.05, 3.63) is 66.6 Å². The average molecular weight is 401 g/mol. The van der Waals surface area contributed by atoms with E-state index in [0.29, 0.717) is 18.8 Å². The molecule has 0 spiro atoms. The molecule has 152 valence electrons. The number of urea groups is 1. The van der Waals surface area contributed by atoms with E-state index in [9.17, 15) is 4.79 Å². The highest BCUT2D eigenvalue weighted by atomic mass is 16.3. The first kappa shape index (κ1) is 18.4. The van der Waals surface area contributed by atoms with Gasteiger partial charge in [-0.25, -0.2) is 14.8 Å². The number of nitrogens with one attached hydrogen (secondary N) is 1. The number of anilines is 1. The van der Waals surface area contributed by atoms with Crippen molar-refractivity contribution in [2.45, 2.75) is 25.8 Å². The van der Waals surface area contributed by atoms with Gasteiger partial charge in [-0.1, -0.05) is 19.1 Å². The molecule has 1 aromatic carbocycles. The summed E-state index contributed by atoms with van der Waals surface area (Å²) in [5.74, 6) is 1.45. The molecule has 1 atom stereocenters. The summed E-state index contributed by atoms with van der Waals surface area (Å²) >= 11 is 0. The topological polar surface area (TPSA) is 76.2 Å². The standard InChI is InChI=1S/C23H23N5O2/c1-2-16-7-9-17(10-8-16)25-23(29)27-13-11-18(15-27)28-21-19(5-3-12-24-21)26-22(28)20-6-4-14-30-20/h3-10,12,14,18H,2,11,13,15H2,1H3,(H,25,29). The van der Waals surface area contributed by atoms with Crippen molar-refractivity contribution < 1.29 is 9.21 Å². The van der Waals surface area contributed by atoms with Crippen LogP contribution in [0, 0.1) is 0 Å². The molecule has 1 fully saturated rings. The molecule has 0 radical (unpaired) electrons. The van der Waals surface area contributed by atoms with E-state index in [0.717, 1.165) is 35.5 Å². The molecule has 2 amide bonds. The first-order valence-corrected chi connectivity index (χ1v) is 10.2. The quantitative estimate of drug-likeness (QED) is 0.536. The van der Waals surface area contributed by atoms with Crippen LogP contribution in [-0.2, 0) is 6.42 Å². The highest BCUT2D eigenvalue weighted by Gasteiger charge is 2.31. The van der Waals surface area contributed by atoms with Crippen molar-refractivity contribution >= 4 is 22.9 Å². The predicted octanol–water partition coefficient (Wildman–Crippen LogP) is 4.73. The van der Waals surface area contributed by atoms with E-state index in [-0.39, 0.29) is 12.1 Å². The van der Waals surface area contributed by atoms with Gasteiger partial charge in [-0.05, 0) is 54.8 Å². The number of fused-ring (bicyclic) bond motifs is 1. The number of likely N-dealkylation sites (tertiary alicyclic amines) is 1. The fraction of sp³-hybridized carbons (Fsp3) is 0.261. The Morgan fingerprint density at radius 2 is 2.07 bits per heavy atom. The number of rotatable bonds is 4. The smallest absolute Gasteiger partial charge is 0.321 e. The molecule has 1 saturated heterocycles. The van der Waals surface area contributed by atoms with Crippen molar-refractivity contribution in [2.75, 3.05) is 18.4 Å². The third kappa shape index (κ3) is 3.32. The lowest BCUT2D eigenvalue weighted by molar-refractivity contribution is 0.221. The van der Waals surface area contributed by atoms with Crippen LogP contribution in [0.2, 0.25) is 0 Å². The summed E-state index contributed by atoms with van der Waals surface area (Å²) in [6.07, 6.45) is 5.22. The van der Waals surface area contributed by atoms with Crippen LogP contribution in [-0.4, -0.2) is 38.6 Å². The van der Waals surface area contributed by atoms with Gasteiger partial charge >= 0.3 is 6.03 Å². The average Bonchev–Trinajstić information content (AvgIpc) is 3.52. The minimum atomic E-state index is -0.0846. The van der Waals surface area contributed by atoms with Crippen LogP contribution in [0.15, 0.2) is 65.4 Å². The minimum Gasteiger partial charge on any atom is -0.461 e. The maximum absolute atomic E-state index is 12.8. The summed E-state index contributed by atoms with van der Waals surface area (Å²) < 4.78 is 7.73. The van der Waals surface area contributed by atoms with Crippen LogP contribution in [0.4, 0.5) is 10.5 Å². The molecule has 7 nitrogen and oxygen atoms in total. The van der Waals surface area contributed by atoms with Gasteiger partial charge in [-0.2, -0.15) is 0 Å². The van der Waals surface area contributed by atoms with Crippen LogP contribution in [0.3, 0.4) is 0 Å². The molecule has 7 heteroatoms. The number of carbonyl (C=O) groups is 1. The number of amides is 2. The fourth-order valence-corrected chi connectivity index (χ4v) is 4.02. The van der Waals surface area contributed by atoms with E-state index in [1.54, 1.807) is 12.5 Å². The molecule has 1 aliphatic rings. The summed E-state index contributed by atoms with van der Waals surface area (Å²) in [6, 6.07) is 15.6. The predicted molar refractivity (Wildman–Crippen MR) is 115 cm³/mol. The molecule has 5 rings (SSSR count). The van der Waals surface area contributed by atoms with Crippen LogP contribution in [0.1, 0.15) is 24.9 Å². The monoisotopic (exact) mass is 401 g/mol. The van der Waals surface area contributed by atoms with Gasteiger partial charge in [0.15, 0.2) is 17.2 Å². The summed E-state index contributed by atoms with van der Waals surface area (Å²) in [4.78, 5) is 24.0. The van der Waals surface area contributed by atoms with Crippen LogP contribution < -0.4 is 5.32 Å². The molecule has 1 unspecified atom stereocenters. The highest BCUT2D eigenvalue weighted by molar-refractivity contribution is 5.89. The summed E-state index contributed by atoms with van der Waals surface area (Å²) in [5.41, 5.74) is 3.69. The first-order chi connectivity index (χ1) is 14.7. The van der Waals surface area contributed by atoms with Crippen molar-refractivity contribution in [1.82, 2.24) is 19.4 Å². The lowest BCUT2D eigenvalue weighted by Gasteiger charge is -2.19. The van der Waals surface area contributed by atoms with Gasteiger partial charge in [0, 0.05) is 25.0 Å². The molecule has 0 bridgehead atoms. The summed E-state index contributed by atoms with van der Waals surface area (Å²) in [5, 5.41) is 3.01. The highest BCUT2D eigenvalue weighted by Crippen LogP contribution is 2.32. The largest absolute Gasteiger partial charge is 0.461 e. The normalized spacial score (nSPS) is 16.3. The Morgan fingerprint density at radius 3 is 2.83 bits per heavy atom. The number of furan rings is 1. The van der Waals surface area contributed by atoms with Gasteiger partial charge in [0.05, 0.1) is 12.3 Å².